The molecule has 6 nitrogen and oxygen atoms in total. The van der Waals surface area contributed by atoms with Crippen molar-refractivity contribution in [2.24, 2.45) is 0 Å². The van der Waals surface area contributed by atoms with Crippen LogP contribution in [0.1, 0.15) is 569 Å². The minimum Gasteiger partial charge on any atom is -0.462 e. The third-order valence-electron chi connectivity index (χ3n) is 25.2. The molecule has 0 aliphatic carbocycles. The van der Waals surface area contributed by atoms with Gasteiger partial charge >= 0.3 is 11.9 Å². The molecule has 0 aromatic heterocycles. The van der Waals surface area contributed by atoms with Gasteiger partial charge in [-0.1, -0.05) is 466 Å². The van der Waals surface area contributed by atoms with Crippen molar-refractivity contribution in [1.82, 2.24) is 10.6 Å². The second-order valence-corrected chi connectivity index (χ2v) is 35.4. The van der Waals surface area contributed by atoms with E-state index in [-0.39, 0.29) is 46.3 Å². The first-order valence-corrected chi connectivity index (χ1v) is 48.0. The predicted molar refractivity (Wildman–Crippen MR) is 452 cm³/mol. The number of rotatable bonds is 79. The van der Waals surface area contributed by atoms with Gasteiger partial charge in [-0.2, -0.15) is 0 Å². The van der Waals surface area contributed by atoms with Crippen LogP contribution in [0.3, 0.4) is 0 Å². The zero-order valence-corrected chi connectivity index (χ0v) is 71.4. The van der Waals surface area contributed by atoms with Crippen LogP contribution in [-0.2, 0) is 19.1 Å². The molecule has 0 aromatic rings. The topological polar surface area (TPSA) is 76.7 Å². The monoisotopic (exact) mass is 1430 g/mol. The van der Waals surface area contributed by atoms with Crippen LogP contribution < -0.4 is 10.6 Å². The number of carbonyl (C=O) groups is 2. The Kier molecular flexibility index (Phi) is 65.7. The van der Waals surface area contributed by atoms with E-state index in [9.17, 15) is 9.59 Å². The van der Waals surface area contributed by atoms with Gasteiger partial charge in [-0.3, -0.25) is 9.59 Å². The van der Waals surface area contributed by atoms with Gasteiger partial charge in [0.05, 0.1) is 0 Å². The highest BCUT2D eigenvalue weighted by atomic mass is 16.5. The molecule has 2 N–H and O–H groups in total. The summed E-state index contributed by atoms with van der Waals surface area (Å²) in [6.07, 6.45) is 102. The molecule has 0 unspecified atom stereocenters. The molecule has 2 fully saturated rings. The number of hydrogen-bond donors (Lipinski definition) is 2. The first kappa shape index (κ1) is 96.9. The molecule has 0 spiro atoms. The minimum atomic E-state index is -0.0523. The van der Waals surface area contributed by atoms with Gasteiger partial charge < -0.3 is 20.1 Å². The summed E-state index contributed by atoms with van der Waals surface area (Å²) in [6.45, 7) is 18.7. The molecule has 0 saturated carbocycles. The Bertz CT molecular complexity index is 1470. The summed E-state index contributed by atoms with van der Waals surface area (Å²) in [7, 11) is 0. The molecule has 0 aromatic carbocycles. The lowest BCUT2D eigenvalue weighted by Crippen LogP contribution is -2.65. The van der Waals surface area contributed by atoms with Crippen molar-refractivity contribution in [2.45, 2.75) is 603 Å². The van der Waals surface area contributed by atoms with Crippen LogP contribution in [-0.4, -0.2) is 46.3 Å². The van der Waals surface area contributed by atoms with E-state index in [1.165, 1.54) is 462 Å². The molecule has 2 saturated heterocycles. The molecule has 2 aliphatic heterocycles. The fourth-order valence-electron chi connectivity index (χ4n) is 19.0. The van der Waals surface area contributed by atoms with Gasteiger partial charge in [0, 0.05) is 60.7 Å². The Labute approximate surface area is 641 Å². The van der Waals surface area contributed by atoms with Crippen molar-refractivity contribution < 1.29 is 19.1 Å². The van der Waals surface area contributed by atoms with E-state index in [0.717, 1.165) is 25.7 Å². The number of nitrogens with one attached hydrogen (secondary N) is 2. The van der Waals surface area contributed by atoms with Crippen molar-refractivity contribution in [2.75, 3.05) is 0 Å². The summed E-state index contributed by atoms with van der Waals surface area (Å²) >= 11 is 0. The van der Waals surface area contributed by atoms with E-state index >= 15 is 0 Å². The Morgan fingerprint density at radius 3 is 0.471 bits per heavy atom. The maximum Gasteiger partial charge on any atom is 0.306 e. The molecule has 0 bridgehead atoms. The van der Waals surface area contributed by atoms with Crippen molar-refractivity contribution >= 4 is 11.9 Å². The van der Waals surface area contributed by atoms with Crippen molar-refractivity contribution in [3.63, 3.8) is 0 Å². The van der Waals surface area contributed by atoms with Crippen molar-refractivity contribution in [3.05, 3.63) is 0 Å². The summed E-state index contributed by atoms with van der Waals surface area (Å²) in [6, 6.07) is 0. The van der Waals surface area contributed by atoms with Crippen LogP contribution in [0.5, 0.6) is 0 Å². The number of unbranched alkanes of at least 4 members (excludes halogenated alkanes) is 57. The van der Waals surface area contributed by atoms with E-state index in [0.29, 0.717) is 25.7 Å². The lowest BCUT2D eigenvalue weighted by Gasteiger charge is -2.53. The Hall–Kier alpha value is -1.14. The highest BCUT2D eigenvalue weighted by Crippen LogP contribution is 2.45. The molecule has 606 valence electrons. The first-order valence-electron chi connectivity index (χ1n) is 48.0. The third-order valence-corrected chi connectivity index (χ3v) is 25.2. The third kappa shape index (κ3) is 52.8. The van der Waals surface area contributed by atoms with Gasteiger partial charge in [0.15, 0.2) is 0 Å². The fraction of sp³-hybridized carbons (Fsp3) is 0.979. The van der Waals surface area contributed by atoms with Crippen LogP contribution in [0.25, 0.3) is 0 Å². The largest absolute Gasteiger partial charge is 0.462 e. The van der Waals surface area contributed by atoms with Crippen molar-refractivity contribution in [3.8, 4) is 0 Å². The van der Waals surface area contributed by atoms with Crippen LogP contribution in [0.4, 0.5) is 0 Å². The number of piperidine rings is 2. The van der Waals surface area contributed by atoms with Gasteiger partial charge in [0.1, 0.15) is 12.2 Å². The normalized spacial score (nSPS) is 16.0. The maximum absolute atomic E-state index is 14.6. The Morgan fingerprint density at radius 1 is 0.206 bits per heavy atom. The van der Waals surface area contributed by atoms with E-state index in [2.05, 4.69) is 55.4 Å². The number of ether oxygens (including phenoxy) is 2. The molecular formula is C96H188N2O4. The summed E-state index contributed by atoms with van der Waals surface area (Å²) in [5.74, 6) is -0.0405. The standard InChI is InChI=1S/C96H188N2O4/c1-9-17-25-33-41-49-57-67-77-93(78-68-58-50-42-34-26-18-10-2)85-89(86-94(97-93,79-69-59-51-43-35-27-19-11-3)80-70-60-52-44-36-28-20-12-4)101-91(99)75-65-66-76-92(100)102-90-87-95(81-71-61-53-45-37-29-21-13-5,82-72-62-54-46-38-30-22-14-6)98-96(88-90,83-73-63-55-47-39-31-23-15-7)84-74-64-56-48-40-32-24-16-8/h89-90,97-98H,9-88H2,1-8H3. The summed E-state index contributed by atoms with van der Waals surface area (Å²) in [4.78, 5) is 29.3. The molecule has 2 aliphatic rings. The fourth-order valence-corrected chi connectivity index (χ4v) is 19.0. The van der Waals surface area contributed by atoms with E-state index < -0.39 is 0 Å². The summed E-state index contributed by atoms with van der Waals surface area (Å²) < 4.78 is 14.0. The number of esters is 2. The second kappa shape index (κ2) is 69.1. The van der Waals surface area contributed by atoms with Crippen molar-refractivity contribution in [1.29, 1.82) is 0 Å². The first-order chi connectivity index (χ1) is 50.1. The Morgan fingerprint density at radius 2 is 0.333 bits per heavy atom. The van der Waals surface area contributed by atoms with Crippen LogP contribution in [0.15, 0.2) is 0 Å². The molecule has 0 amide bonds. The summed E-state index contributed by atoms with van der Waals surface area (Å²) in [5, 5.41) is 9.42. The van der Waals surface area contributed by atoms with Crippen LogP contribution in [0.2, 0.25) is 0 Å². The lowest BCUT2D eigenvalue weighted by atomic mass is 9.69. The summed E-state index contributed by atoms with van der Waals surface area (Å²) in [5.41, 5.74) is 0.0200. The molecular weight excluding hydrogens is 1250 g/mol. The van der Waals surface area contributed by atoms with Gasteiger partial charge in [0.2, 0.25) is 0 Å². The lowest BCUT2D eigenvalue weighted by molar-refractivity contribution is -0.157. The van der Waals surface area contributed by atoms with Gasteiger partial charge in [-0.05, 0) is 64.2 Å². The molecule has 0 radical (unpaired) electrons. The average Bonchev–Trinajstić information content (AvgIpc) is 0.782. The number of hydrogen-bond acceptors (Lipinski definition) is 6. The molecule has 2 rings (SSSR count). The second-order valence-electron chi connectivity index (χ2n) is 35.4. The van der Waals surface area contributed by atoms with Gasteiger partial charge in [-0.25, -0.2) is 0 Å². The molecule has 2 heterocycles. The van der Waals surface area contributed by atoms with Gasteiger partial charge in [0.25, 0.3) is 0 Å². The van der Waals surface area contributed by atoms with E-state index in [4.69, 9.17) is 20.1 Å². The zero-order valence-electron chi connectivity index (χ0n) is 71.4. The Balaban J connectivity index is 2.49. The smallest absolute Gasteiger partial charge is 0.306 e. The molecule has 6 heteroatoms. The SMILES string of the molecule is CCCCCCCCCCC1(CCCCCCCCCC)CC(OC(=O)CCCCC(=O)OC2CC(CCCCCCCCCC)(CCCCCCCCCC)NC(CCCCCCCCCC)(CCCCCCCCCC)C2)CC(CCCCCCCCCC)(CCCCCCCCCC)N1. The van der Waals surface area contributed by atoms with Crippen LogP contribution in [0, 0.1) is 0 Å². The maximum atomic E-state index is 14.6. The quantitative estimate of drug-likeness (QED) is 0.0467. The van der Waals surface area contributed by atoms with Crippen LogP contribution >= 0.6 is 0 Å². The van der Waals surface area contributed by atoms with E-state index in [1.807, 2.05) is 0 Å². The van der Waals surface area contributed by atoms with E-state index in [1.54, 1.807) is 0 Å². The molecule has 0 atom stereocenters. The minimum absolute atomic E-state index is 0.00500. The number of carbonyl (C=O) groups excluding carboxylic acids is 2. The highest BCUT2D eigenvalue weighted by molar-refractivity contribution is 5.71. The highest BCUT2D eigenvalue weighted by Gasteiger charge is 2.49. The van der Waals surface area contributed by atoms with Gasteiger partial charge in [-0.15, -0.1) is 0 Å². The molecule has 102 heavy (non-hydrogen) atoms. The predicted octanol–water partition coefficient (Wildman–Crippen LogP) is 32.3. The zero-order chi connectivity index (χ0) is 73.7. The average molecular weight is 1430 g/mol.